The Kier molecular flexibility index (Phi) is 5.07. The third kappa shape index (κ3) is 4.11. The fraction of sp³-hybridized carbons (Fsp3) is 0.238. The van der Waals surface area contributed by atoms with Crippen molar-refractivity contribution in [2.75, 3.05) is 11.9 Å². The maximum absolute atomic E-state index is 11.9. The molecule has 134 valence electrons. The Morgan fingerprint density at radius 2 is 1.73 bits per heavy atom. The van der Waals surface area contributed by atoms with Crippen molar-refractivity contribution in [3.05, 3.63) is 77.6 Å². The fourth-order valence-corrected chi connectivity index (χ4v) is 2.74. The van der Waals surface area contributed by atoms with Gasteiger partial charge >= 0.3 is 0 Å². The van der Waals surface area contributed by atoms with E-state index in [1.54, 1.807) is 13.0 Å². The van der Waals surface area contributed by atoms with Gasteiger partial charge in [-0.2, -0.15) is 0 Å². The lowest BCUT2D eigenvalue weighted by Gasteiger charge is -2.26. The fourth-order valence-electron chi connectivity index (χ4n) is 2.74. The summed E-state index contributed by atoms with van der Waals surface area (Å²) in [7, 11) is 0. The molecular formula is C21H22N2O3. The minimum absolute atomic E-state index is 0.0899. The molecule has 1 aromatic heterocycles. The smallest absolute Gasteiger partial charge is 0.263 e. The number of benzene rings is 2. The summed E-state index contributed by atoms with van der Waals surface area (Å²) >= 11 is 0. The maximum Gasteiger partial charge on any atom is 0.263 e. The van der Waals surface area contributed by atoms with Crippen molar-refractivity contribution in [2.24, 2.45) is 0 Å². The van der Waals surface area contributed by atoms with E-state index in [4.69, 9.17) is 9.26 Å². The van der Waals surface area contributed by atoms with Crippen LogP contribution < -0.4 is 10.1 Å². The van der Waals surface area contributed by atoms with E-state index in [1.807, 2.05) is 42.5 Å². The molecule has 0 unspecified atom stereocenters. The molecular weight excluding hydrogens is 328 g/mol. The molecule has 1 N–H and O–H groups in total. The molecule has 1 heterocycles. The van der Waals surface area contributed by atoms with E-state index in [9.17, 15) is 4.79 Å². The molecule has 26 heavy (non-hydrogen) atoms. The van der Waals surface area contributed by atoms with Gasteiger partial charge < -0.3 is 14.6 Å². The van der Waals surface area contributed by atoms with E-state index in [0.29, 0.717) is 17.3 Å². The highest BCUT2D eigenvalue weighted by Gasteiger charge is 2.22. The zero-order valence-corrected chi connectivity index (χ0v) is 15.2. The lowest BCUT2D eigenvalue weighted by Crippen LogP contribution is -2.20. The number of aryl methyl sites for hydroxylation is 1. The van der Waals surface area contributed by atoms with Crippen LogP contribution in [0.3, 0.4) is 0 Å². The molecule has 0 aliphatic rings. The van der Waals surface area contributed by atoms with Crippen LogP contribution in [0.1, 0.15) is 30.7 Å². The number of rotatable bonds is 6. The van der Waals surface area contributed by atoms with Crippen LogP contribution >= 0.6 is 0 Å². The first-order chi connectivity index (χ1) is 12.4. The van der Waals surface area contributed by atoms with Gasteiger partial charge in [-0.25, -0.2) is 0 Å². The third-order valence-electron chi connectivity index (χ3n) is 4.34. The van der Waals surface area contributed by atoms with Gasteiger partial charge in [0.05, 0.1) is 0 Å². The van der Waals surface area contributed by atoms with Gasteiger partial charge in [0, 0.05) is 11.5 Å². The summed E-state index contributed by atoms with van der Waals surface area (Å²) < 4.78 is 10.5. The molecule has 3 aromatic rings. The van der Waals surface area contributed by atoms with Crippen LogP contribution in [0.4, 0.5) is 5.82 Å². The van der Waals surface area contributed by atoms with Gasteiger partial charge in [-0.15, -0.1) is 0 Å². The van der Waals surface area contributed by atoms with E-state index in [0.717, 1.165) is 0 Å². The summed E-state index contributed by atoms with van der Waals surface area (Å²) in [6.07, 6.45) is 0. The normalized spacial score (nSPS) is 11.2. The van der Waals surface area contributed by atoms with Crippen LogP contribution in [0, 0.1) is 6.92 Å². The number of nitrogens with zero attached hydrogens (tertiary/aromatic N) is 1. The van der Waals surface area contributed by atoms with Gasteiger partial charge in [0.2, 0.25) is 0 Å². The minimum Gasteiger partial charge on any atom is -0.484 e. The van der Waals surface area contributed by atoms with E-state index >= 15 is 0 Å². The summed E-state index contributed by atoms with van der Waals surface area (Å²) in [6, 6.07) is 19.8. The molecule has 0 radical (unpaired) electrons. The van der Waals surface area contributed by atoms with Crippen molar-refractivity contribution in [2.45, 2.75) is 26.2 Å². The van der Waals surface area contributed by atoms with Crippen molar-refractivity contribution in [1.82, 2.24) is 5.16 Å². The van der Waals surface area contributed by atoms with E-state index in [-0.39, 0.29) is 17.9 Å². The molecule has 0 aliphatic heterocycles. The number of hydrogen-bond acceptors (Lipinski definition) is 4. The molecule has 0 atom stereocenters. The average molecular weight is 350 g/mol. The second kappa shape index (κ2) is 7.44. The monoisotopic (exact) mass is 350 g/mol. The Balaban J connectivity index is 1.60. The standard InChI is InChI=1S/C21H22N2O3/c1-15-13-19(23-26-15)22-20(24)14-25-18-11-9-17(10-12-18)21(2,3)16-7-5-4-6-8-16/h4-13H,14H2,1-3H3,(H,22,23,24). The molecule has 0 bridgehead atoms. The van der Waals surface area contributed by atoms with Crippen LogP contribution in [0.15, 0.2) is 65.2 Å². The maximum atomic E-state index is 11.9. The van der Waals surface area contributed by atoms with Crippen LogP contribution in [0.5, 0.6) is 5.75 Å². The average Bonchev–Trinajstić information content (AvgIpc) is 3.06. The number of nitrogens with one attached hydrogen (secondary N) is 1. The highest BCUT2D eigenvalue weighted by Crippen LogP contribution is 2.32. The number of aromatic nitrogens is 1. The summed E-state index contributed by atoms with van der Waals surface area (Å²) in [5.74, 6) is 1.38. The number of amides is 1. The van der Waals surface area contributed by atoms with Crippen molar-refractivity contribution in [3.63, 3.8) is 0 Å². The van der Waals surface area contributed by atoms with Gasteiger partial charge in [-0.3, -0.25) is 4.79 Å². The number of ether oxygens (including phenoxy) is 1. The van der Waals surface area contributed by atoms with Gasteiger partial charge in [-0.1, -0.05) is 61.5 Å². The number of carbonyl (C=O) groups excluding carboxylic acids is 1. The zero-order chi connectivity index (χ0) is 18.6. The van der Waals surface area contributed by atoms with Crippen LogP contribution in [-0.4, -0.2) is 17.7 Å². The Morgan fingerprint density at radius 3 is 2.35 bits per heavy atom. The van der Waals surface area contributed by atoms with Gasteiger partial charge in [0.25, 0.3) is 5.91 Å². The van der Waals surface area contributed by atoms with Crippen LogP contribution in [0.2, 0.25) is 0 Å². The molecule has 5 heteroatoms. The summed E-state index contributed by atoms with van der Waals surface area (Å²) in [6.45, 7) is 6.04. The second-order valence-electron chi connectivity index (χ2n) is 6.68. The first-order valence-corrected chi connectivity index (χ1v) is 8.47. The lowest BCUT2D eigenvalue weighted by molar-refractivity contribution is -0.118. The molecule has 0 fully saturated rings. The highest BCUT2D eigenvalue weighted by atomic mass is 16.5. The molecule has 2 aromatic carbocycles. The third-order valence-corrected chi connectivity index (χ3v) is 4.34. The highest BCUT2D eigenvalue weighted by molar-refractivity contribution is 5.90. The van der Waals surface area contributed by atoms with Crippen molar-refractivity contribution >= 4 is 11.7 Å². The molecule has 0 saturated carbocycles. The Hall–Kier alpha value is -3.08. The predicted octanol–water partition coefficient (Wildman–Crippen LogP) is 4.33. The zero-order valence-electron chi connectivity index (χ0n) is 15.2. The first kappa shape index (κ1) is 17.7. The lowest BCUT2D eigenvalue weighted by atomic mass is 9.78. The van der Waals surface area contributed by atoms with E-state index < -0.39 is 0 Å². The summed E-state index contributed by atoms with van der Waals surface area (Å²) in [4.78, 5) is 11.9. The minimum atomic E-state index is -0.285. The summed E-state index contributed by atoms with van der Waals surface area (Å²) in [5, 5.41) is 6.34. The van der Waals surface area contributed by atoms with E-state index in [1.165, 1.54) is 11.1 Å². The quantitative estimate of drug-likeness (QED) is 0.719. The second-order valence-corrected chi connectivity index (χ2v) is 6.68. The predicted molar refractivity (Wildman–Crippen MR) is 100 cm³/mol. The molecule has 1 amide bonds. The topological polar surface area (TPSA) is 64.4 Å². The summed E-state index contributed by atoms with van der Waals surface area (Å²) in [5.41, 5.74) is 2.32. The van der Waals surface area contributed by atoms with Gasteiger partial charge in [0.15, 0.2) is 12.4 Å². The van der Waals surface area contributed by atoms with E-state index in [2.05, 4.69) is 36.5 Å². The van der Waals surface area contributed by atoms with Gasteiger partial charge in [0.1, 0.15) is 11.5 Å². The largest absolute Gasteiger partial charge is 0.484 e. The Labute approximate surface area is 153 Å². The number of carbonyl (C=O) groups is 1. The first-order valence-electron chi connectivity index (χ1n) is 8.47. The Bertz CT molecular complexity index is 868. The van der Waals surface area contributed by atoms with Crippen molar-refractivity contribution in [3.8, 4) is 5.75 Å². The number of anilines is 1. The molecule has 0 saturated heterocycles. The molecule has 0 aliphatic carbocycles. The molecule has 5 nitrogen and oxygen atoms in total. The number of hydrogen-bond donors (Lipinski definition) is 1. The Morgan fingerprint density at radius 1 is 1.08 bits per heavy atom. The molecule has 3 rings (SSSR count). The van der Waals surface area contributed by atoms with Crippen molar-refractivity contribution in [1.29, 1.82) is 0 Å². The SMILES string of the molecule is Cc1cc(NC(=O)COc2ccc(C(C)(C)c3ccccc3)cc2)no1. The van der Waals surface area contributed by atoms with Crippen LogP contribution in [0.25, 0.3) is 0 Å². The van der Waals surface area contributed by atoms with Gasteiger partial charge in [-0.05, 0) is 30.2 Å². The van der Waals surface area contributed by atoms with Crippen molar-refractivity contribution < 1.29 is 14.1 Å². The molecule has 0 spiro atoms. The van der Waals surface area contributed by atoms with Crippen LogP contribution in [-0.2, 0) is 10.2 Å².